The van der Waals surface area contributed by atoms with Crippen LogP contribution in [0.5, 0.6) is 0 Å². The number of hydrogen-bond acceptors (Lipinski definition) is 3. The second-order valence-corrected chi connectivity index (χ2v) is 6.13. The maximum Gasteiger partial charge on any atom is 0.111 e. The highest BCUT2D eigenvalue weighted by molar-refractivity contribution is 7.18. The number of nitrogens with zero attached hydrogens (tertiary/aromatic N) is 1. The van der Waals surface area contributed by atoms with Crippen molar-refractivity contribution in [3.05, 3.63) is 64.1 Å². The Morgan fingerprint density at radius 3 is 2.65 bits per heavy atom. The molecule has 0 aliphatic carbocycles. The molecular formula is C16H15ClN2S. The van der Waals surface area contributed by atoms with Crippen molar-refractivity contribution in [1.29, 1.82) is 0 Å². The minimum Gasteiger partial charge on any atom is -0.311 e. The Hall–Kier alpha value is -1.42. The van der Waals surface area contributed by atoms with Crippen molar-refractivity contribution in [2.75, 3.05) is 7.05 Å². The summed E-state index contributed by atoms with van der Waals surface area (Å²) in [7, 11) is 1.97. The molecule has 0 bridgehead atoms. The Labute approximate surface area is 127 Å². The van der Waals surface area contributed by atoms with Gasteiger partial charge in [-0.2, -0.15) is 0 Å². The van der Waals surface area contributed by atoms with E-state index in [1.165, 1.54) is 4.70 Å². The van der Waals surface area contributed by atoms with Gasteiger partial charge < -0.3 is 5.32 Å². The van der Waals surface area contributed by atoms with Crippen molar-refractivity contribution in [2.24, 2.45) is 0 Å². The van der Waals surface area contributed by atoms with Gasteiger partial charge >= 0.3 is 0 Å². The summed E-state index contributed by atoms with van der Waals surface area (Å²) in [5, 5.41) is 5.26. The molecule has 0 saturated heterocycles. The number of thiazole rings is 1. The Morgan fingerprint density at radius 1 is 1.15 bits per heavy atom. The van der Waals surface area contributed by atoms with Crippen molar-refractivity contribution in [3.8, 4) is 0 Å². The number of halogens is 1. The second kappa shape index (κ2) is 5.92. The van der Waals surface area contributed by atoms with Crippen LogP contribution in [0.25, 0.3) is 10.2 Å². The average Bonchev–Trinajstić information content (AvgIpc) is 2.90. The van der Waals surface area contributed by atoms with Crippen molar-refractivity contribution in [2.45, 2.75) is 12.5 Å². The Morgan fingerprint density at radius 2 is 1.90 bits per heavy atom. The molecule has 1 heterocycles. The summed E-state index contributed by atoms with van der Waals surface area (Å²) in [6.45, 7) is 0. The van der Waals surface area contributed by atoms with Crippen LogP contribution in [0.4, 0.5) is 0 Å². The van der Waals surface area contributed by atoms with Crippen molar-refractivity contribution < 1.29 is 0 Å². The van der Waals surface area contributed by atoms with Gasteiger partial charge in [0.1, 0.15) is 5.01 Å². The maximum atomic E-state index is 6.25. The van der Waals surface area contributed by atoms with Crippen molar-refractivity contribution in [1.82, 2.24) is 10.3 Å². The lowest BCUT2D eigenvalue weighted by molar-refractivity contribution is 0.590. The first-order chi connectivity index (χ1) is 9.78. The summed E-state index contributed by atoms with van der Waals surface area (Å²) in [5.41, 5.74) is 2.21. The Balaban J connectivity index is 1.91. The van der Waals surface area contributed by atoms with Gasteiger partial charge in [-0.1, -0.05) is 41.9 Å². The third-order valence-electron chi connectivity index (χ3n) is 3.34. The molecule has 20 heavy (non-hydrogen) atoms. The number of para-hydroxylation sites is 1. The predicted octanol–water partition coefficient (Wildman–Crippen LogP) is 4.45. The van der Waals surface area contributed by atoms with Gasteiger partial charge in [0.15, 0.2) is 0 Å². The number of fused-ring (bicyclic) bond motifs is 1. The Bertz CT molecular complexity index is 690. The van der Waals surface area contributed by atoms with E-state index in [1.54, 1.807) is 11.3 Å². The second-order valence-electron chi connectivity index (χ2n) is 4.66. The first-order valence-corrected chi connectivity index (χ1v) is 7.73. The maximum absolute atomic E-state index is 6.25. The normalized spacial score (nSPS) is 12.7. The zero-order chi connectivity index (χ0) is 13.9. The zero-order valence-corrected chi connectivity index (χ0v) is 12.7. The van der Waals surface area contributed by atoms with E-state index >= 15 is 0 Å². The smallest absolute Gasteiger partial charge is 0.111 e. The molecule has 0 spiro atoms. The van der Waals surface area contributed by atoms with Gasteiger partial charge in [-0.25, -0.2) is 4.98 Å². The van der Waals surface area contributed by atoms with Crippen LogP contribution >= 0.6 is 22.9 Å². The molecular weight excluding hydrogens is 288 g/mol. The van der Waals surface area contributed by atoms with Crippen LogP contribution in [-0.4, -0.2) is 12.0 Å². The minimum atomic E-state index is 0.187. The fourth-order valence-corrected chi connectivity index (χ4v) is 3.53. The first-order valence-electron chi connectivity index (χ1n) is 6.54. The highest BCUT2D eigenvalue weighted by Gasteiger charge is 2.16. The molecule has 1 N–H and O–H groups in total. The summed E-state index contributed by atoms with van der Waals surface area (Å²) in [6.07, 6.45) is 0.843. The Kier molecular flexibility index (Phi) is 4.01. The monoisotopic (exact) mass is 302 g/mol. The van der Waals surface area contributed by atoms with Crippen LogP contribution in [0.1, 0.15) is 16.6 Å². The van der Waals surface area contributed by atoms with Gasteiger partial charge in [0.25, 0.3) is 0 Å². The van der Waals surface area contributed by atoms with E-state index in [0.717, 1.165) is 27.5 Å². The van der Waals surface area contributed by atoms with Gasteiger partial charge in [-0.3, -0.25) is 0 Å². The third-order valence-corrected chi connectivity index (χ3v) is 4.86. The van der Waals surface area contributed by atoms with Gasteiger partial charge in [0.05, 0.1) is 16.3 Å². The summed E-state index contributed by atoms with van der Waals surface area (Å²) >= 11 is 7.99. The summed E-state index contributed by atoms with van der Waals surface area (Å²) in [4.78, 5) is 4.72. The fourth-order valence-electron chi connectivity index (χ4n) is 2.24. The molecule has 102 valence electrons. The summed E-state index contributed by atoms with van der Waals surface area (Å²) in [6, 6.07) is 16.4. The quantitative estimate of drug-likeness (QED) is 0.770. The van der Waals surface area contributed by atoms with Crippen LogP contribution in [0, 0.1) is 0 Å². The number of benzene rings is 2. The molecule has 0 aliphatic heterocycles. The molecule has 0 saturated carbocycles. The number of hydrogen-bond donors (Lipinski definition) is 1. The third kappa shape index (κ3) is 2.70. The van der Waals surface area contributed by atoms with E-state index in [0.29, 0.717) is 0 Å². The highest BCUT2D eigenvalue weighted by Crippen LogP contribution is 2.29. The molecule has 2 aromatic carbocycles. The number of aromatic nitrogens is 1. The van der Waals surface area contributed by atoms with E-state index in [4.69, 9.17) is 16.6 Å². The predicted molar refractivity (Wildman–Crippen MR) is 86.6 cm³/mol. The number of rotatable bonds is 4. The average molecular weight is 303 g/mol. The lowest BCUT2D eigenvalue weighted by atomic mass is 10.1. The van der Waals surface area contributed by atoms with E-state index < -0.39 is 0 Å². The summed E-state index contributed by atoms with van der Waals surface area (Å²) in [5.74, 6) is 0. The highest BCUT2D eigenvalue weighted by atomic mass is 35.5. The first kappa shape index (κ1) is 13.6. The molecule has 4 heteroatoms. The topological polar surface area (TPSA) is 24.9 Å². The van der Waals surface area contributed by atoms with Gasteiger partial charge in [0.2, 0.25) is 0 Å². The van der Waals surface area contributed by atoms with Gasteiger partial charge in [0, 0.05) is 5.02 Å². The molecule has 1 unspecified atom stereocenters. The molecule has 0 aliphatic rings. The molecule has 0 radical (unpaired) electrons. The molecule has 3 rings (SSSR count). The summed E-state index contributed by atoms with van der Waals surface area (Å²) < 4.78 is 1.22. The molecule has 0 fully saturated rings. The lowest BCUT2D eigenvalue weighted by Gasteiger charge is -2.14. The van der Waals surface area contributed by atoms with E-state index in [-0.39, 0.29) is 6.04 Å². The van der Waals surface area contributed by atoms with E-state index in [1.807, 2.05) is 37.4 Å². The molecule has 3 aromatic rings. The molecule has 2 nitrogen and oxygen atoms in total. The van der Waals surface area contributed by atoms with E-state index in [9.17, 15) is 0 Å². The van der Waals surface area contributed by atoms with Crippen LogP contribution in [0.3, 0.4) is 0 Å². The van der Waals surface area contributed by atoms with Crippen LogP contribution in [0.15, 0.2) is 48.5 Å². The molecule has 1 atom stereocenters. The largest absolute Gasteiger partial charge is 0.311 e. The standard InChI is InChI=1S/C16H15ClN2S/c1-18-14(10-11-6-2-3-7-12(11)17)16-19-13-8-4-5-9-15(13)20-16/h2-9,14,18H,10H2,1H3. The SMILES string of the molecule is CNC(Cc1ccccc1Cl)c1nc2ccccc2s1. The number of likely N-dealkylation sites (N-methyl/N-ethyl adjacent to an activating group) is 1. The molecule has 0 amide bonds. The van der Waals surface area contributed by atoms with Crippen LogP contribution in [0.2, 0.25) is 5.02 Å². The van der Waals surface area contributed by atoms with E-state index in [2.05, 4.69) is 23.5 Å². The van der Waals surface area contributed by atoms with Crippen molar-refractivity contribution in [3.63, 3.8) is 0 Å². The fraction of sp³-hybridized carbons (Fsp3) is 0.188. The van der Waals surface area contributed by atoms with Crippen molar-refractivity contribution >= 4 is 33.2 Å². The lowest BCUT2D eigenvalue weighted by Crippen LogP contribution is -2.18. The van der Waals surface area contributed by atoms with Crippen LogP contribution < -0.4 is 5.32 Å². The molecule has 1 aromatic heterocycles. The van der Waals surface area contributed by atoms with Gasteiger partial charge in [-0.05, 0) is 37.2 Å². The zero-order valence-electron chi connectivity index (χ0n) is 11.1. The van der Waals surface area contributed by atoms with Gasteiger partial charge in [-0.15, -0.1) is 11.3 Å². The van der Waals surface area contributed by atoms with Crippen LogP contribution in [-0.2, 0) is 6.42 Å². The number of nitrogens with one attached hydrogen (secondary N) is 1. The minimum absolute atomic E-state index is 0.187.